The molecule has 1 unspecified atom stereocenters. The summed E-state index contributed by atoms with van der Waals surface area (Å²) in [7, 11) is 0. The van der Waals surface area contributed by atoms with Gasteiger partial charge in [0.15, 0.2) is 0 Å². The molecule has 1 amide bonds. The van der Waals surface area contributed by atoms with Crippen LogP contribution in [0.2, 0.25) is 0 Å². The van der Waals surface area contributed by atoms with E-state index in [0.717, 1.165) is 11.3 Å². The third kappa shape index (κ3) is 4.95. The van der Waals surface area contributed by atoms with Gasteiger partial charge in [-0.05, 0) is 24.8 Å². The molecule has 4 nitrogen and oxygen atoms in total. The molecule has 19 heavy (non-hydrogen) atoms. The molecule has 0 heterocycles. The summed E-state index contributed by atoms with van der Waals surface area (Å²) in [6.45, 7) is 1.97. The summed E-state index contributed by atoms with van der Waals surface area (Å²) < 4.78 is 0. The van der Waals surface area contributed by atoms with Gasteiger partial charge in [0, 0.05) is 10.9 Å². The Kier molecular flexibility index (Phi) is 6.42. The van der Waals surface area contributed by atoms with Crippen molar-refractivity contribution in [1.82, 2.24) is 5.32 Å². The minimum absolute atomic E-state index is 0.0407. The normalized spacial score (nSPS) is 11.9. The average molecular weight is 281 g/mol. The first-order chi connectivity index (χ1) is 9.08. The number of carboxylic acid groups (broad SMARTS) is 1. The van der Waals surface area contributed by atoms with Crippen LogP contribution in [0.3, 0.4) is 0 Å². The number of benzene rings is 1. The summed E-state index contributed by atoms with van der Waals surface area (Å²) in [4.78, 5) is 23.8. The average Bonchev–Trinajstić information content (AvgIpc) is 2.38. The minimum Gasteiger partial charge on any atom is -0.481 e. The van der Waals surface area contributed by atoms with E-state index in [0.29, 0.717) is 12.0 Å². The molecule has 5 heteroatoms. The van der Waals surface area contributed by atoms with Gasteiger partial charge < -0.3 is 10.4 Å². The van der Waals surface area contributed by atoms with E-state index in [-0.39, 0.29) is 18.4 Å². The van der Waals surface area contributed by atoms with Crippen LogP contribution in [0.15, 0.2) is 29.2 Å². The Morgan fingerprint density at radius 2 is 2.05 bits per heavy atom. The highest BCUT2D eigenvalue weighted by Crippen LogP contribution is 2.20. The molecular weight excluding hydrogens is 262 g/mol. The number of carbonyl (C=O) groups is 2. The van der Waals surface area contributed by atoms with E-state index in [1.807, 2.05) is 25.3 Å². The summed E-state index contributed by atoms with van der Waals surface area (Å²) in [5, 5.41) is 11.6. The number of hydrogen-bond acceptors (Lipinski definition) is 3. The Labute approximate surface area is 117 Å². The summed E-state index contributed by atoms with van der Waals surface area (Å²) in [5.41, 5.74) is 0.599. The maximum atomic E-state index is 12.2. The Morgan fingerprint density at radius 3 is 2.63 bits per heavy atom. The van der Waals surface area contributed by atoms with Crippen LogP contribution in [0, 0.1) is 0 Å². The Bertz CT molecular complexity index is 448. The number of aliphatic carboxylic acids is 1. The van der Waals surface area contributed by atoms with E-state index in [1.165, 1.54) is 11.8 Å². The molecule has 104 valence electrons. The third-order valence-corrected chi connectivity index (χ3v) is 3.54. The Morgan fingerprint density at radius 1 is 1.37 bits per heavy atom. The van der Waals surface area contributed by atoms with Crippen LogP contribution in [-0.2, 0) is 4.79 Å². The van der Waals surface area contributed by atoms with E-state index in [9.17, 15) is 9.59 Å². The highest BCUT2D eigenvalue weighted by Gasteiger charge is 2.17. The summed E-state index contributed by atoms with van der Waals surface area (Å²) >= 11 is 1.50. The van der Waals surface area contributed by atoms with Crippen molar-refractivity contribution in [2.24, 2.45) is 0 Å². The Balaban J connectivity index is 2.78. The first-order valence-corrected chi connectivity index (χ1v) is 7.46. The first kappa shape index (κ1) is 15.6. The topological polar surface area (TPSA) is 66.4 Å². The molecule has 1 aromatic rings. The fraction of sp³-hybridized carbons (Fsp3) is 0.429. The molecule has 0 aliphatic carbocycles. The quantitative estimate of drug-likeness (QED) is 0.754. The second-order valence-corrected chi connectivity index (χ2v) is 5.11. The molecule has 0 saturated carbocycles. The molecule has 0 aromatic heterocycles. The van der Waals surface area contributed by atoms with Gasteiger partial charge in [-0.15, -0.1) is 11.8 Å². The van der Waals surface area contributed by atoms with Crippen molar-refractivity contribution in [3.05, 3.63) is 29.8 Å². The van der Waals surface area contributed by atoms with Crippen LogP contribution >= 0.6 is 11.8 Å². The van der Waals surface area contributed by atoms with Gasteiger partial charge in [-0.1, -0.05) is 25.5 Å². The van der Waals surface area contributed by atoms with Crippen molar-refractivity contribution in [3.8, 4) is 0 Å². The molecule has 0 aliphatic rings. The second-order valence-electron chi connectivity index (χ2n) is 4.26. The lowest BCUT2D eigenvalue weighted by Gasteiger charge is -2.17. The van der Waals surface area contributed by atoms with Crippen LogP contribution in [0.1, 0.15) is 36.5 Å². The number of amides is 1. The first-order valence-electron chi connectivity index (χ1n) is 6.24. The van der Waals surface area contributed by atoms with Gasteiger partial charge in [0.1, 0.15) is 0 Å². The second kappa shape index (κ2) is 7.84. The molecule has 0 fully saturated rings. The van der Waals surface area contributed by atoms with Gasteiger partial charge in [-0.3, -0.25) is 9.59 Å². The van der Waals surface area contributed by atoms with Gasteiger partial charge in [0.05, 0.1) is 12.0 Å². The number of hydrogen-bond donors (Lipinski definition) is 2. The lowest BCUT2D eigenvalue weighted by atomic mass is 10.1. The van der Waals surface area contributed by atoms with Crippen molar-refractivity contribution in [1.29, 1.82) is 0 Å². The molecule has 2 N–H and O–H groups in total. The van der Waals surface area contributed by atoms with Crippen LogP contribution < -0.4 is 5.32 Å². The number of carbonyl (C=O) groups excluding carboxylic acids is 1. The van der Waals surface area contributed by atoms with Crippen molar-refractivity contribution >= 4 is 23.6 Å². The maximum absolute atomic E-state index is 12.2. The number of nitrogens with one attached hydrogen (secondary N) is 1. The van der Waals surface area contributed by atoms with E-state index in [2.05, 4.69) is 5.32 Å². The lowest BCUT2D eigenvalue weighted by molar-refractivity contribution is -0.137. The highest BCUT2D eigenvalue weighted by atomic mass is 32.2. The Hall–Kier alpha value is -1.49. The number of carboxylic acids is 1. The van der Waals surface area contributed by atoms with Crippen LogP contribution in [0.5, 0.6) is 0 Å². The maximum Gasteiger partial charge on any atom is 0.305 e. The van der Waals surface area contributed by atoms with Crippen molar-refractivity contribution in [2.45, 2.75) is 37.1 Å². The van der Waals surface area contributed by atoms with Crippen molar-refractivity contribution < 1.29 is 14.7 Å². The molecule has 0 bridgehead atoms. The fourth-order valence-corrected chi connectivity index (χ4v) is 2.48. The number of rotatable bonds is 7. The minimum atomic E-state index is -0.892. The summed E-state index contributed by atoms with van der Waals surface area (Å²) in [5.74, 6) is -1.10. The zero-order valence-electron chi connectivity index (χ0n) is 11.2. The highest BCUT2D eigenvalue weighted by molar-refractivity contribution is 7.98. The molecule has 0 radical (unpaired) electrons. The zero-order valence-corrected chi connectivity index (χ0v) is 12.0. The molecule has 0 aliphatic heterocycles. The van der Waals surface area contributed by atoms with Gasteiger partial charge in [-0.25, -0.2) is 0 Å². The van der Waals surface area contributed by atoms with Crippen LogP contribution in [-0.4, -0.2) is 29.3 Å². The van der Waals surface area contributed by atoms with Crippen LogP contribution in [0.4, 0.5) is 0 Å². The third-order valence-electron chi connectivity index (χ3n) is 2.74. The van der Waals surface area contributed by atoms with Crippen LogP contribution in [0.25, 0.3) is 0 Å². The summed E-state index contributed by atoms with van der Waals surface area (Å²) in [6, 6.07) is 7.01. The van der Waals surface area contributed by atoms with E-state index >= 15 is 0 Å². The zero-order chi connectivity index (χ0) is 14.3. The molecule has 1 rings (SSSR count). The smallest absolute Gasteiger partial charge is 0.305 e. The van der Waals surface area contributed by atoms with E-state index in [4.69, 9.17) is 5.11 Å². The molecule has 1 atom stereocenters. The molecule has 0 saturated heterocycles. The molecular formula is C14H19NO3S. The van der Waals surface area contributed by atoms with Gasteiger partial charge in [0.2, 0.25) is 0 Å². The largest absolute Gasteiger partial charge is 0.481 e. The van der Waals surface area contributed by atoms with Crippen molar-refractivity contribution in [3.63, 3.8) is 0 Å². The van der Waals surface area contributed by atoms with Crippen molar-refractivity contribution in [2.75, 3.05) is 6.26 Å². The van der Waals surface area contributed by atoms with Gasteiger partial charge in [0.25, 0.3) is 5.91 Å². The predicted octanol–water partition coefficient (Wildman–Crippen LogP) is 2.78. The lowest BCUT2D eigenvalue weighted by Crippen LogP contribution is -2.36. The van der Waals surface area contributed by atoms with E-state index in [1.54, 1.807) is 12.1 Å². The fourth-order valence-electron chi connectivity index (χ4n) is 1.88. The molecule has 1 aromatic carbocycles. The monoisotopic (exact) mass is 281 g/mol. The van der Waals surface area contributed by atoms with E-state index < -0.39 is 5.97 Å². The standard InChI is InChI=1S/C14H19NO3S/c1-3-6-10(9-13(16)17)15-14(18)11-7-4-5-8-12(11)19-2/h4-5,7-8,10H,3,6,9H2,1-2H3,(H,15,18)(H,16,17). The van der Waals surface area contributed by atoms with Gasteiger partial charge in [-0.2, -0.15) is 0 Å². The SMILES string of the molecule is CCCC(CC(=O)O)NC(=O)c1ccccc1SC. The summed E-state index contributed by atoms with van der Waals surface area (Å²) in [6.07, 6.45) is 3.37. The number of thioether (sulfide) groups is 1. The molecule has 0 spiro atoms. The van der Waals surface area contributed by atoms with Gasteiger partial charge >= 0.3 is 5.97 Å². The predicted molar refractivity (Wildman–Crippen MR) is 76.6 cm³/mol.